The zero-order valence-corrected chi connectivity index (χ0v) is 12.7. The van der Waals surface area contributed by atoms with Crippen molar-refractivity contribution in [3.63, 3.8) is 0 Å². The number of hydrogen-bond donors (Lipinski definition) is 0. The van der Waals surface area contributed by atoms with Crippen LogP contribution in [0.15, 0.2) is 60.7 Å². The molecular weight excluding hydrogens is 306 g/mol. The summed E-state index contributed by atoms with van der Waals surface area (Å²) in [5, 5.41) is 8.23. The molecule has 2 nitrogen and oxygen atoms in total. The van der Waals surface area contributed by atoms with Crippen LogP contribution < -0.4 is 0 Å². The van der Waals surface area contributed by atoms with Crippen LogP contribution in [0.25, 0.3) is 24.3 Å². The number of halogens is 2. The number of hydrogen-bond acceptors (Lipinski definition) is 2. The first-order valence-electron chi connectivity index (χ1n) is 7.40. The Bertz CT molecular complexity index is 775. The van der Waals surface area contributed by atoms with Crippen molar-refractivity contribution in [2.24, 2.45) is 0 Å². The van der Waals surface area contributed by atoms with Crippen LogP contribution in [0, 0.1) is 11.6 Å². The Morgan fingerprint density at radius 2 is 0.875 bits per heavy atom. The Kier molecular flexibility index (Phi) is 4.87. The van der Waals surface area contributed by atoms with Gasteiger partial charge in [-0.05, 0) is 59.7 Å². The fraction of sp³-hybridized carbons (Fsp3) is 0. The van der Waals surface area contributed by atoms with E-state index in [0.717, 1.165) is 11.1 Å². The third-order valence-electron chi connectivity index (χ3n) is 3.34. The van der Waals surface area contributed by atoms with Gasteiger partial charge in [0.05, 0.1) is 11.4 Å². The van der Waals surface area contributed by atoms with E-state index in [2.05, 4.69) is 10.2 Å². The molecule has 2 aromatic carbocycles. The molecule has 118 valence electrons. The van der Waals surface area contributed by atoms with E-state index in [1.54, 1.807) is 24.3 Å². The standard InChI is InChI=1S/C20H14F2N2/c21-17-7-1-15(2-8-17)5-11-19-13-14-20(24-23-19)12-6-16-3-9-18(22)10-4-16/h1-14H. The lowest BCUT2D eigenvalue weighted by molar-refractivity contribution is 0.627. The normalized spacial score (nSPS) is 11.4. The largest absolute Gasteiger partial charge is 0.207 e. The van der Waals surface area contributed by atoms with E-state index in [-0.39, 0.29) is 11.6 Å². The van der Waals surface area contributed by atoms with Crippen molar-refractivity contribution < 1.29 is 8.78 Å². The van der Waals surface area contributed by atoms with Crippen molar-refractivity contribution in [2.45, 2.75) is 0 Å². The summed E-state index contributed by atoms with van der Waals surface area (Å²) < 4.78 is 25.7. The van der Waals surface area contributed by atoms with Crippen LogP contribution in [0.3, 0.4) is 0 Å². The highest BCUT2D eigenvalue weighted by molar-refractivity contribution is 5.70. The minimum atomic E-state index is -0.260. The van der Waals surface area contributed by atoms with E-state index in [9.17, 15) is 8.78 Å². The molecule has 0 aliphatic carbocycles. The molecule has 3 rings (SSSR count). The molecule has 1 aromatic heterocycles. The summed E-state index contributed by atoms with van der Waals surface area (Å²) in [5.41, 5.74) is 3.19. The van der Waals surface area contributed by atoms with Crippen molar-refractivity contribution in [3.05, 3.63) is 94.8 Å². The molecule has 0 bridgehead atoms. The highest BCUT2D eigenvalue weighted by Crippen LogP contribution is 2.10. The Hall–Kier alpha value is -3.14. The lowest BCUT2D eigenvalue weighted by Gasteiger charge is -1.96. The molecule has 0 unspecified atom stereocenters. The van der Waals surface area contributed by atoms with Crippen molar-refractivity contribution in [1.29, 1.82) is 0 Å². The van der Waals surface area contributed by atoms with Gasteiger partial charge in [0.15, 0.2) is 0 Å². The number of aromatic nitrogens is 2. The van der Waals surface area contributed by atoms with Gasteiger partial charge in [0.2, 0.25) is 0 Å². The highest BCUT2D eigenvalue weighted by atomic mass is 19.1. The van der Waals surface area contributed by atoms with Crippen LogP contribution in [-0.2, 0) is 0 Å². The van der Waals surface area contributed by atoms with Crippen LogP contribution in [0.2, 0.25) is 0 Å². The van der Waals surface area contributed by atoms with E-state index in [0.29, 0.717) is 11.4 Å². The molecule has 0 aliphatic rings. The van der Waals surface area contributed by atoms with Gasteiger partial charge >= 0.3 is 0 Å². The Morgan fingerprint density at radius 3 is 1.21 bits per heavy atom. The Balaban J connectivity index is 1.66. The van der Waals surface area contributed by atoms with E-state index >= 15 is 0 Å². The summed E-state index contributed by atoms with van der Waals surface area (Å²) in [6, 6.07) is 16.1. The van der Waals surface area contributed by atoms with Gasteiger partial charge in [-0.15, -0.1) is 0 Å². The summed E-state index contributed by atoms with van der Waals surface area (Å²) in [4.78, 5) is 0. The maximum Gasteiger partial charge on any atom is 0.123 e. The predicted molar refractivity (Wildman–Crippen MR) is 92.7 cm³/mol. The molecule has 0 atom stereocenters. The molecule has 0 N–H and O–H groups in total. The van der Waals surface area contributed by atoms with Gasteiger partial charge in [-0.25, -0.2) is 8.78 Å². The fourth-order valence-electron chi connectivity index (χ4n) is 2.04. The monoisotopic (exact) mass is 320 g/mol. The van der Waals surface area contributed by atoms with E-state index in [1.807, 2.05) is 36.4 Å². The van der Waals surface area contributed by atoms with E-state index in [4.69, 9.17) is 0 Å². The predicted octanol–water partition coefficient (Wildman–Crippen LogP) is 5.10. The van der Waals surface area contributed by atoms with Gasteiger partial charge in [0.1, 0.15) is 11.6 Å². The number of rotatable bonds is 4. The first-order valence-corrected chi connectivity index (χ1v) is 7.40. The molecule has 0 saturated carbocycles. The second-order valence-corrected chi connectivity index (χ2v) is 5.15. The zero-order valence-electron chi connectivity index (χ0n) is 12.7. The van der Waals surface area contributed by atoms with Gasteiger partial charge in [0, 0.05) is 0 Å². The molecular formula is C20H14F2N2. The Labute approximate surface area is 138 Å². The molecule has 1 heterocycles. The molecule has 0 spiro atoms. The minimum Gasteiger partial charge on any atom is -0.207 e. The molecule has 24 heavy (non-hydrogen) atoms. The van der Waals surface area contributed by atoms with Crippen molar-refractivity contribution >= 4 is 24.3 Å². The lowest BCUT2D eigenvalue weighted by Crippen LogP contribution is -1.88. The minimum absolute atomic E-state index is 0.260. The maximum absolute atomic E-state index is 12.8. The summed E-state index contributed by atoms with van der Waals surface area (Å²) in [7, 11) is 0. The molecule has 3 aromatic rings. The van der Waals surface area contributed by atoms with Crippen molar-refractivity contribution in [3.8, 4) is 0 Å². The van der Waals surface area contributed by atoms with Gasteiger partial charge in [-0.1, -0.05) is 36.4 Å². The van der Waals surface area contributed by atoms with Crippen LogP contribution in [0.4, 0.5) is 8.78 Å². The summed E-state index contributed by atoms with van der Waals surface area (Å²) in [6.07, 6.45) is 7.32. The molecule has 0 aliphatic heterocycles. The Morgan fingerprint density at radius 1 is 0.500 bits per heavy atom. The SMILES string of the molecule is Fc1ccc(C=Cc2ccc(C=Cc3ccc(F)cc3)nn2)cc1. The first kappa shape index (κ1) is 15.7. The van der Waals surface area contributed by atoms with Crippen LogP contribution in [-0.4, -0.2) is 10.2 Å². The fourth-order valence-corrected chi connectivity index (χ4v) is 2.04. The molecule has 4 heteroatoms. The van der Waals surface area contributed by atoms with E-state index in [1.165, 1.54) is 24.3 Å². The molecule has 0 amide bonds. The molecule has 0 radical (unpaired) electrons. The third kappa shape index (κ3) is 4.43. The van der Waals surface area contributed by atoms with Crippen LogP contribution in [0.5, 0.6) is 0 Å². The van der Waals surface area contributed by atoms with Gasteiger partial charge in [-0.3, -0.25) is 0 Å². The maximum atomic E-state index is 12.8. The van der Waals surface area contributed by atoms with Crippen molar-refractivity contribution in [1.82, 2.24) is 10.2 Å². The summed E-state index contributed by atoms with van der Waals surface area (Å²) in [5.74, 6) is -0.520. The third-order valence-corrected chi connectivity index (χ3v) is 3.34. The highest BCUT2D eigenvalue weighted by Gasteiger charge is 1.94. The van der Waals surface area contributed by atoms with Crippen LogP contribution in [0.1, 0.15) is 22.5 Å². The van der Waals surface area contributed by atoms with Gasteiger partial charge in [-0.2, -0.15) is 10.2 Å². The first-order chi connectivity index (χ1) is 11.7. The number of benzene rings is 2. The average Bonchev–Trinajstić information content (AvgIpc) is 2.62. The van der Waals surface area contributed by atoms with E-state index < -0.39 is 0 Å². The smallest absolute Gasteiger partial charge is 0.123 e. The quantitative estimate of drug-likeness (QED) is 0.668. The average molecular weight is 320 g/mol. The second-order valence-electron chi connectivity index (χ2n) is 5.15. The summed E-state index contributed by atoms with van der Waals surface area (Å²) >= 11 is 0. The lowest BCUT2D eigenvalue weighted by atomic mass is 10.2. The number of nitrogens with zero attached hydrogens (tertiary/aromatic N) is 2. The molecule has 0 saturated heterocycles. The van der Waals surface area contributed by atoms with Crippen molar-refractivity contribution in [2.75, 3.05) is 0 Å². The van der Waals surface area contributed by atoms with Gasteiger partial charge < -0.3 is 0 Å². The topological polar surface area (TPSA) is 25.8 Å². The second kappa shape index (κ2) is 7.42. The van der Waals surface area contributed by atoms with Crippen LogP contribution >= 0.6 is 0 Å². The zero-order chi connectivity index (χ0) is 16.8. The molecule has 0 fully saturated rings. The summed E-state index contributed by atoms with van der Waals surface area (Å²) in [6.45, 7) is 0. The van der Waals surface area contributed by atoms with Gasteiger partial charge in [0.25, 0.3) is 0 Å².